The molecular weight excluding hydrogens is 322 g/mol. The van der Waals surface area contributed by atoms with Crippen molar-refractivity contribution in [2.45, 2.75) is 13.5 Å². The number of carbonyl (C=O) groups is 1. The van der Waals surface area contributed by atoms with Crippen LogP contribution in [0.3, 0.4) is 0 Å². The van der Waals surface area contributed by atoms with Gasteiger partial charge in [-0.1, -0.05) is 42.5 Å². The molecule has 1 heterocycles. The van der Waals surface area contributed by atoms with E-state index in [2.05, 4.69) is 20.9 Å². The van der Waals surface area contributed by atoms with E-state index in [1.54, 1.807) is 0 Å². The van der Waals surface area contributed by atoms with E-state index in [1.807, 2.05) is 79.7 Å². The first-order valence-corrected chi connectivity index (χ1v) is 8.58. The monoisotopic (exact) mass is 341 g/mol. The first-order chi connectivity index (χ1) is 12.7. The van der Waals surface area contributed by atoms with Gasteiger partial charge in [-0.2, -0.15) is 0 Å². The summed E-state index contributed by atoms with van der Waals surface area (Å²) in [7, 11) is 0. The zero-order valence-electron chi connectivity index (χ0n) is 14.5. The smallest absolute Gasteiger partial charge is 0.255 e. The highest BCUT2D eigenvalue weighted by atomic mass is 16.1. The van der Waals surface area contributed by atoms with Crippen LogP contribution >= 0.6 is 0 Å². The van der Waals surface area contributed by atoms with Crippen molar-refractivity contribution in [1.29, 1.82) is 0 Å². The van der Waals surface area contributed by atoms with Crippen molar-refractivity contribution >= 4 is 22.6 Å². The third-order valence-electron chi connectivity index (χ3n) is 4.43. The third-order valence-corrected chi connectivity index (χ3v) is 4.43. The van der Waals surface area contributed by atoms with Crippen molar-refractivity contribution in [3.63, 3.8) is 0 Å². The van der Waals surface area contributed by atoms with Gasteiger partial charge in [0.2, 0.25) is 0 Å². The van der Waals surface area contributed by atoms with E-state index in [1.165, 1.54) is 0 Å². The first-order valence-electron chi connectivity index (χ1n) is 8.58. The van der Waals surface area contributed by atoms with Gasteiger partial charge in [-0.15, -0.1) is 0 Å². The molecule has 1 amide bonds. The molecule has 0 fully saturated rings. The Bertz CT molecular complexity index is 1050. The number of hydrogen-bond donors (Lipinski definition) is 1. The second kappa shape index (κ2) is 6.84. The number of imidazole rings is 1. The van der Waals surface area contributed by atoms with Gasteiger partial charge in [0.1, 0.15) is 5.82 Å². The number of nitrogens with one attached hydrogen (secondary N) is 1. The molecule has 4 aromatic rings. The van der Waals surface area contributed by atoms with E-state index in [9.17, 15) is 4.79 Å². The average molecular weight is 341 g/mol. The Morgan fingerprint density at radius 3 is 2.38 bits per heavy atom. The van der Waals surface area contributed by atoms with Crippen molar-refractivity contribution in [3.8, 4) is 0 Å². The number of hydrogen-bond acceptors (Lipinski definition) is 2. The quantitative estimate of drug-likeness (QED) is 0.587. The number of para-hydroxylation sites is 3. The Morgan fingerprint density at radius 2 is 1.62 bits per heavy atom. The van der Waals surface area contributed by atoms with Crippen LogP contribution in [0.4, 0.5) is 5.69 Å². The fourth-order valence-electron chi connectivity index (χ4n) is 3.06. The maximum atomic E-state index is 12.3. The van der Waals surface area contributed by atoms with Crippen LogP contribution < -0.4 is 5.32 Å². The minimum Gasteiger partial charge on any atom is -0.324 e. The molecule has 0 radical (unpaired) electrons. The minimum absolute atomic E-state index is 0.105. The number of rotatable bonds is 4. The molecule has 3 aromatic carbocycles. The molecule has 26 heavy (non-hydrogen) atoms. The van der Waals surface area contributed by atoms with Gasteiger partial charge in [0, 0.05) is 17.8 Å². The summed E-state index contributed by atoms with van der Waals surface area (Å²) in [6.07, 6.45) is 0. The molecule has 0 saturated carbocycles. The lowest BCUT2D eigenvalue weighted by molar-refractivity contribution is 0.102. The second-order valence-corrected chi connectivity index (χ2v) is 6.25. The van der Waals surface area contributed by atoms with Crippen LogP contribution in [-0.4, -0.2) is 15.5 Å². The molecule has 0 bridgehead atoms. The van der Waals surface area contributed by atoms with Crippen LogP contribution in [0.25, 0.3) is 11.0 Å². The van der Waals surface area contributed by atoms with Crippen LogP contribution in [-0.2, 0) is 6.54 Å². The summed E-state index contributed by atoms with van der Waals surface area (Å²) < 4.78 is 2.19. The summed E-state index contributed by atoms with van der Waals surface area (Å²) in [6, 6.07) is 25.3. The Labute approximate surface area is 152 Å². The van der Waals surface area contributed by atoms with Gasteiger partial charge in [-0.3, -0.25) is 4.79 Å². The van der Waals surface area contributed by atoms with Crippen LogP contribution in [0.15, 0.2) is 78.9 Å². The molecule has 128 valence electrons. The summed E-state index contributed by atoms with van der Waals surface area (Å²) >= 11 is 0. The lowest BCUT2D eigenvalue weighted by Crippen LogP contribution is -2.12. The van der Waals surface area contributed by atoms with Crippen LogP contribution in [0.2, 0.25) is 0 Å². The maximum absolute atomic E-state index is 12.3. The van der Waals surface area contributed by atoms with Crippen LogP contribution in [0, 0.1) is 6.92 Å². The van der Waals surface area contributed by atoms with E-state index < -0.39 is 0 Å². The number of aromatic nitrogens is 2. The molecule has 0 saturated heterocycles. The number of amides is 1. The SMILES string of the molecule is Cc1nc2ccccc2n1Cc1ccc(C(=O)Nc2ccccc2)cc1. The van der Waals surface area contributed by atoms with E-state index in [-0.39, 0.29) is 5.91 Å². The van der Waals surface area contributed by atoms with Gasteiger partial charge in [-0.05, 0) is 48.9 Å². The molecule has 1 N–H and O–H groups in total. The van der Waals surface area contributed by atoms with Crippen molar-refractivity contribution in [2.75, 3.05) is 5.32 Å². The normalized spacial score (nSPS) is 10.8. The van der Waals surface area contributed by atoms with Gasteiger partial charge >= 0.3 is 0 Å². The van der Waals surface area contributed by atoms with Gasteiger partial charge in [0.05, 0.1) is 11.0 Å². The predicted molar refractivity (Wildman–Crippen MR) is 104 cm³/mol. The molecule has 0 unspecified atom stereocenters. The van der Waals surface area contributed by atoms with Crippen molar-refractivity contribution in [2.24, 2.45) is 0 Å². The number of nitrogens with zero attached hydrogens (tertiary/aromatic N) is 2. The summed E-state index contributed by atoms with van der Waals surface area (Å²) in [5.74, 6) is 0.879. The number of fused-ring (bicyclic) bond motifs is 1. The van der Waals surface area contributed by atoms with Crippen LogP contribution in [0.5, 0.6) is 0 Å². The molecule has 4 rings (SSSR count). The zero-order chi connectivity index (χ0) is 17.9. The summed E-state index contributed by atoms with van der Waals surface area (Å²) in [4.78, 5) is 16.9. The molecule has 0 aliphatic rings. The first kappa shape index (κ1) is 16.1. The Hall–Kier alpha value is -3.40. The highest BCUT2D eigenvalue weighted by Gasteiger charge is 2.09. The molecule has 0 spiro atoms. The van der Waals surface area contributed by atoms with Gasteiger partial charge in [0.25, 0.3) is 5.91 Å². The van der Waals surface area contributed by atoms with Gasteiger partial charge in [-0.25, -0.2) is 4.98 Å². The maximum Gasteiger partial charge on any atom is 0.255 e. The van der Waals surface area contributed by atoms with E-state index in [0.29, 0.717) is 5.56 Å². The van der Waals surface area contributed by atoms with Crippen molar-refractivity contribution in [1.82, 2.24) is 9.55 Å². The Kier molecular flexibility index (Phi) is 4.23. The highest BCUT2D eigenvalue weighted by Crippen LogP contribution is 2.18. The number of carbonyl (C=O) groups excluding carboxylic acids is 1. The molecule has 1 aromatic heterocycles. The predicted octanol–water partition coefficient (Wildman–Crippen LogP) is 4.65. The van der Waals surface area contributed by atoms with Gasteiger partial charge in [0.15, 0.2) is 0 Å². The number of benzene rings is 3. The molecular formula is C22H19N3O. The molecule has 0 aliphatic heterocycles. The fourth-order valence-corrected chi connectivity index (χ4v) is 3.06. The second-order valence-electron chi connectivity index (χ2n) is 6.25. The standard InChI is InChI=1S/C22H19N3O/c1-16-23-20-9-5-6-10-21(20)25(16)15-17-11-13-18(14-12-17)22(26)24-19-7-3-2-4-8-19/h2-14H,15H2,1H3,(H,24,26). The number of anilines is 1. The average Bonchev–Trinajstić information content (AvgIpc) is 2.98. The lowest BCUT2D eigenvalue weighted by Gasteiger charge is -2.09. The van der Waals surface area contributed by atoms with E-state index >= 15 is 0 Å². The largest absolute Gasteiger partial charge is 0.324 e. The fraction of sp³-hybridized carbons (Fsp3) is 0.0909. The van der Waals surface area contributed by atoms with Crippen molar-refractivity contribution in [3.05, 3.63) is 95.8 Å². The molecule has 0 atom stereocenters. The lowest BCUT2D eigenvalue weighted by atomic mass is 10.1. The number of aryl methyl sites for hydroxylation is 1. The molecule has 4 nitrogen and oxygen atoms in total. The molecule has 0 aliphatic carbocycles. The third kappa shape index (κ3) is 3.22. The van der Waals surface area contributed by atoms with E-state index in [4.69, 9.17) is 0 Å². The van der Waals surface area contributed by atoms with Crippen molar-refractivity contribution < 1.29 is 4.79 Å². The topological polar surface area (TPSA) is 46.9 Å². The molecule has 4 heteroatoms. The summed E-state index contributed by atoms with van der Waals surface area (Å²) in [5, 5.41) is 2.90. The van der Waals surface area contributed by atoms with Crippen LogP contribution in [0.1, 0.15) is 21.7 Å². The summed E-state index contributed by atoms with van der Waals surface area (Å²) in [6.45, 7) is 2.74. The Balaban J connectivity index is 1.52. The summed E-state index contributed by atoms with van der Waals surface area (Å²) in [5.41, 5.74) is 4.69. The Morgan fingerprint density at radius 1 is 0.923 bits per heavy atom. The van der Waals surface area contributed by atoms with E-state index in [0.717, 1.165) is 34.7 Å². The zero-order valence-corrected chi connectivity index (χ0v) is 14.5. The minimum atomic E-state index is -0.105. The van der Waals surface area contributed by atoms with Gasteiger partial charge < -0.3 is 9.88 Å². The highest BCUT2D eigenvalue weighted by molar-refractivity contribution is 6.04.